The van der Waals surface area contributed by atoms with E-state index < -0.39 is 0 Å². The van der Waals surface area contributed by atoms with Crippen LogP contribution >= 0.6 is 12.2 Å². The molecule has 1 aliphatic heterocycles. The molecule has 4 rings (SSSR count). The maximum absolute atomic E-state index is 5.48. The van der Waals surface area contributed by atoms with Gasteiger partial charge in [-0.05, 0) is 54.2 Å². The number of rotatable bonds is 1. The molecule has 0 amide bonds. The number of H-pyrrole nitrogens is 1. The Labute approximate surface area is 124 Å². The molecular formula is C17H19NOS. The lowest BCUT2D eigenvalue weighted by Crippen LogP contribution is -2.15. The molecule has 0 spiro atoms. The highest BCUT2D eigenvalue weighted by Crippen LogP contribution is 2.35. The largest absolute Gasteiger partial charge is 0.481 e. The molecule has 0 atom stereocenters. The normalized spacial score (nSPS) is 19.9. The third-order valence-electron chi connectivity index (χ3n) is 4.80. The quantitative estimate of drug-likeness (QED) is 0.782. The molecule has 1 aromatic carbocycles. The zero-order valence-corrected chi connectivity index (χ0v) is 12.4. The van der Waals surface area contributed by atoms with Crippen LogP contribution in [0, 0.1) is 0 Å². The first-order valence-electron chi connectivity index (χ1n) is 7.64. The Bertz CT molecular complexity index is 667. The average Bonchev–Trinajstić information content (AvgIpc) is 2.88. The molecule has 2 aliphatic rings. The molecule has 2 nitrogen and oxygen atoms in total. The number of nitrogens with one attached hydrogen (secondary N) is 1. The summed E-state index contributed by atoms with van der Waals surface area (Å²) in [5, 5.41) is 1.98. The predicted molar refractivity (Wildman–Crippen MR) is 85.5 cm³/mol. The molecule has 1 saturated carbocycles. The summed E-state index contributed by atoms with van der Waals surface area (Å²) in [5.41, 5.74) is 5.09. The molecule has 3 heteroatoms. The molecule has 1 fully saturated rings. The van der Waals surface area contributed by atoms with E-state index in [1.54, 1.807) is 0 Å². The van der Waals surface area contributed by atoms with Crippen LogP contribution in [0.1, 0.15) is 54.8 Å². The van der Waals surface area contributed by atoms with Crippen molar-refractivity contribution in [3.05, 3.63) is 35.0 Å². The first kappa shape index (κ1) is 12.4. The standard InChI is InChI=1S/C17H19NOS/c20-17-16-13(8-9-19-17)14-10-12(6-7-15(14)18-16)11-4-2-1-3-5-11/h6-7,10-11,18H,1-5,8-9H2. The fourth-order valence-corrected chi connectivity index (χ4v) is 3.96. The van der Waals surface area contributed by atoms with Crippen molar-refractivity contribution in [2.45, 2.75) is 44.4 Å². The third kappa shape index (κ3) is 1.96. The van der Waals surface area contributed by atoms with Crippen molar-refractivity contribution in [3.8, 4) is 0 Å². The van der Waals surface area contributed by atoms with Gasteiger partial charge in [-0.15, -0.1) is 0 Å². The molecule has 0 saturated heterocycles. The number of hydrogen-bond acceptors (Lipinski definition) is 2. The summed E-state index contributed by atoms with van der Waals surface area (Å²) in [6.07, 6.45) is 7.82. The van der Waals surface area contributed by atoms with Crippen molar-refractivity contribution in [3.63, 3.8) is 0 Å². The molecule has 0 bridgehead atoms. The number of fused-ring (bicyclic) bond motifs is 3. The zero-order valence-electron chi connectivity index (χ0n) is 11.6. The molecule has 2 heterocycles. The number of hydrogen-bond donors (Lipinski definition) is 1. The number of aromatic nitrogens is 1. The molecule has 0 unspecified atom stereocenters. The summed E-state index contributed by atoms with van der Waals surface area (Å²) in [6, 6.07) is 6.92. The summed E-state index contributed by atoms with van der Waals surface area (Å²) in [5.74, 6) is 0.755. The Hall–Kier alpha value is -1.35. The van der Waals surface area contributed by atoms with E-state index in [0.717, 1.165) is 18.0 Å². The van der Waals surface area contributed by atoms with E-state index >= 15 is 0 Å². The second-order valence-corrected chi connectivity index (χ2v) is 6.38. The van der Waals surface area contributed by atoms with E-state index in [1.807, 2.05) is 0 Å². The number of ether oxygens (including phenoxy) is 1. The Balaban J connectivity index is 1.80. The first-order chi connectivity index (χ1) is 9.83. The van der Waals surface area contributed by atoms with Gasteiger partial charge in [0.15, 0.2) is 0 Å². The zero-order chi connectivity index (χ0) is 13.5. The summed E-state index contributed by atoms with van der Waals surface area (Å²) < 4.78 is 5.48. The molecule has 104 valence electrons. The van der Waals surface area contributed by atoms with Crippen LogP contribution in [-0.4, -0.2) is 16.6 Å². The lowest BCUT2D eigenvalue weighted by molar-refractivity contribution is 0.308. The maximum atomic E-state index is 5.48. The van der Waals surface area contributed by atoms with E-state index in [0.29, 0.717) is 11.7 Å². The van der Waals surface area contributed by atoms with Crippen LogP contribution in [0.3, 0.4) is 0 Å². The minimum atomic E-state index is 0.627. The van der Waals surface area contributed by atoms with Gasteiger partial charge < -0.3 is 9.72 Å². The van der Waals surface area contributed by atoms with Gasteiger partial charge in [-0.2, -0.15) is 0 Å². The van der Waals surface area contributed by atoms with Crippen LogP contribution < -0.4 is 0 Å². The highest BCUT2D eigenvalue weighted by Gasteiger charge is 2.22. The molecular weight excluding hydrogens is 266 g/mol. The van der Waals surface area contributed by atoms with Gasteiger partial charge in [0.25, 0.3) is 0 Å². The molecule has 2 aromatic rings. The van der Waals surface area contributed by atoms with Crippen molar-refractivity contribution in [1.29, 1.82) is 0 Å². The second-order valence-electron chi connectivity index (χ2n) is 6.00. The second kappa shape index (κ2) is 4.88. The minimum Gasteiger partial charge on any atom is -0.481 e. The topological polar surface area (TPSA) is 25.0 Å². The monoisotopic (exact) mass is 285 g/mol. The van der Waals surface area contributed by atoms with Gasteiger partial charge in [0.05, 0.1) is 12.3 Å². The first-order valence-corrected chi connectivity index (χ1v) is 8.05. The molecule has 0 radical (unpaired) electrons. The van der Waals surface area contributed by atoms with Gasteiger partial charge in [-0.3, -0.25) is 0 Å². The SMILES string of the molecule is S=C1OCCc2c1[nH]c1ccc(C3CCCCC3)cc21. The summed E-state index contributed by atoms with van der Waals surface area (Å²) in [7, 11) is 0. The fourth-order valence-electron chi connectivity index (χ4n) is 3.71. The Kier molecular flexibility index (Phi) is 3.03. The van der Waals surface area contributed by atoms with E-state index in [2.05, 4.69) is 23.2 Å². The van der Waals surface area contributed by atoms with Crippen LogP contribution in [0.5, 0.6) is 0 Å². The number of aromatic amines is 1. The highest BCUT2D eigenvalue weighted by molar-refractivity contribution is 7.80. The van der Waals surface area contributed by atoms with Crippen LogP contribution in [0.25, 0.3) is 10.9 Å². The van der Waals surface area contributed by atoms with E-state index in [4.69, 9.17) is 17.0 Å². The van der Waals surface area contributed by atoms with Crippen molar-refractivity contribution in [2.24, 2.45) is 0 Å². The Morgan fingerprint density at radius 1 is 1.15 bits per heavy atom. The van der Waals surface area contributed by atoms with Crippen molar-refractivity contribution in [2.75, 3.05) is 6.61 Å². The molecule has 1 aromatic heterocycles. The fraction of sp³-hybridized carbons (Fsp3) is 0.471. The number of thiocarbonyl (C=S) groups is 1. The van der Waals surface area contributed by atoms with Crippen molar-refractivity contribution >= 4 is 28.2 Å². The molecule has 1 aliphatic carbocycles. The van der Waals surface area contributed by atoms with Crippen LogP contribution in [0.15, 0.2) is 18.2 Å². The highest BCUT2D eigenvalue weighted by atomic mass is 32.1. The maximum Gasteiger partial charge on any atom is 0.208 e. The van der Waals surface area contributed by atoms with Gasteiger partial charge >= 0.3 is 0 Å². The van der Waals surface area contributed by atoms with Crippen molar-refractivity contribution < 1.29 is 4.74 Å². The Morgan fingerprint density at radius 2 is 2.00 bits per heavy atom. The van der Waals surface area contributed by atoms with E-state index in [9.17, 15) is 0 Å². The Morgan fingerprint density at radius 3 is 2.85 bits per heavy atom. The van der Waals surface area contributed by atoms with E-state index in [1.165, 1.54) is 54.1 Å². The van der Waals surface area contributed by atoms with Crippen LogP contribution in [0.4, 0.5) is 0 Å². The van der Waals surface area contributed by atoms with Crippen LogP contribution in [0.2, 0.25) is 0 Å². The van der Waals surface area contributed by atoms with Gasteiger partial charge in [-0.25, -0.2) is 0 Å². The summed E-state index contributed by atoms with van der Waals surface area (Å²) in [4.78, 5) is 3.43. The van der Waals surface area contributed by atoms with Gasteiger partial charge in [-0.1, -0.05) is 25.3 Å². The average molecular weight is 285 g/mol. The third-order valence-corrected chi connectivity index (χ3v) is 5.12. The lowest BCUT2D eigenvalue weighted by Gasteiger charge is -2.22. The lowest BCUT2D eigenvalue weighted by atomic mass is 9.83. The predicted octanol–water partition coefficient (Wildman–Crippen LogP) is 4.46. The van der Waals surface area contributed by atoms with Gasteiger partial charge in [0.1, 0.15) is 0 Å². The number of benzene rings is 1. The smallest absolute Gasteiger partial charge is 0.208 e. The molecule has 20 heavy (non-hydrogen) atoms. The van der Waals surface area contributed by atoms with Gasteiger partial charge in [0.2, 0.25) is 5.05 Å². The minimum absolute atomic E-state index is 0.627. The van der Waals surface area contributed by atoms with E-state index in [-0.39, 0.29) is 0 Å². The van der Waals surface area contributed by atoms with Crippen molar-refractivity contribution in [1.82, 2.24) is 4.98 Å². The molecule has 1 N–H and O–H groups in total. The summed E-state index contributed by atoms with van der Waals surface area (Å²) in [6.45, 7) is 0.715. The van der Waals surface area contributed by atoms with Crippen LogP contribution in [-0.2, 0) is 11.2 Å². The van der Waals surface area contributed by atoms with Gasteiger partial charge in [0, 0.05) is 17.3 Å². The summed E-state index contributed by atoms with van der Waals surface area (Å²) >= 11 is 5.31.